The Balaban J connectivity index is 1.16. The van der Waals surface area contributed by atoms with E-state index in [1.165, 1.54) is 0 Å². The molecule has 0 atom stereocenters. The summed E-state index contributed by atoms with van der Waals surface area (Å²) in [4.78, 5) is 22.7. The van der Waals surface area contributed by atoms with Crippen LogP contribution in [0.3, 0.4) is 0 Å². The van der Waals surface area contributed by atoms with E-state index in [1.807, 2.05) is 60.0 Å². The molecule has 0 fully saturated rings. The van der Waals surface area contributed by atoms with E-state index < -0.39 is 0 Å². The zero-order chi connectivity index (χ0) is 23.9. The number of unbranched alkanes of at least 4 members (excludes halogenated alkanes) is 2. The molecule has 0 saturated heterocycles. The second-order valence-electron chi connectivity index (χ2n) is 7.97. The summed E-state index contributed by atoms with van der Waals surface area (Å²) in [7, 11) is 0. The van der Waals surface area contributed by atoms with Gasteiger partial charge in [-0.1, -0.05) is 35.8 Å². The molecule has 0 radical (unpaired) electrons. The van der Waals surface area contributed by atoms with Crippen LogP contribution in [0, 0.1) is 0 Å². The van der Waals surface area contributed by atoms with E-state index in [-0.39, 0.29) is 5.91 Å². The lowest BCUT2D eigenvalue weighted by molar-refractivity contribution is 0.0953. The zero-order valence-electron chi connectivity index (χ0n) is 19.0. The van der Waals surface area contributed by atoms with Gasteiger partial charge in [-0.25, -0.2) is 4.68 Å². The van der Waals surface area contributed by atoms with Crippen LogP contribution in [0.4, 0.5) is 0 Å². The van der Waals surface area contributed by atoms with Gasteiger partial charge in [0.25, 0.3) is 5.91 Å². The van der Waals surface area contributed by atoms with Crippen LogP contribution in [-0.4, -0.2) is 37.4 Å². The van der Waals surface area contributed by atoms with Gasteiger partial charge in [-0.3, -0.25) is 9.78 Å². The lowest BCUT2D eigenvalue weighted by atomic mass is 10.1. The lowest BCUT2D eigenvalue weighted by Crippen LogP contribution is -2.24. The first-order chi connectivity index (χ1) is 17.3. The third kappa shape index (κ3) is 5.52. The highest BCUT2D eigenvalue weighted by atomic mass is 32.1. The van der Waals surface area contributed by atoms with E-state index in [1.54, 1.807) is 34.6 Å². The fourth-order valence-electron chi connectivity index (χ4n) is 3.71. The minimum Gasteiger partial charge on any atom is -0.352 e. The number of benzene rings is 1. The molecule has 5 rings (SSSR count). The number of hydrogen-bond donors (Lipinski definition) is 1. The second kappa shape index (κ2) is 10.9. The van der Waals surface area contributed by atoms with Gasteiger partial charge in [-0.2, -0.15) is 10.1 Å². The molecule has 1 amide bonds. The highest BCUT2D eigenvalue weighted by Crippen LogP contribution is 2.23. The first-order valence-corrected chi connectivity index (χ1v) is 12.4. The lowest BCUT2D eigenvalue weighted by Gasteiger charge is -2.05. The summed E-state index contributed by atoms with van der Waals surface area (Å²) in [6.45, 7) is 0.576. The summed E-state index contributed by atoms with van der Waals surface area (Å²) >= 11 is 1.59. The predicted octanol–water partition coefficient (Wildman–Crippen LogP) is 5.19. The van der Waals surface area contributed by atoms with Crippen LogP contribution in [0.2, 0.25) is 0 Å². The standard InChI is InChI=1S/C26H24N6O2S/c33-26(28-15-6-2-5-13-23-29-25(31-34-23)22-12-8-16-35-22)21-18-32(20-10-3-1-4-11-20)30-24(21)19-9-7-14-27-17-19/h1,3-4,7-12,14,16-18H,2,5-6,13,15H2,(H,28,33). The van der Waals surface area contributed by atoms with Gasteiger partial charge in [0.15, 0.2) is 0 Å². The normalized spacial score (nSPS) is 11.0. The quantitative estimate of drug-likeness (QED) is 0.274. The van der Waals surface area contributed by atoms with Crippen molar-refractivity contribution in [3.05, 3.63) is 90.0 Å². The first-order valence-electron chi connectivity index (χ1n) is 11.5. The highest BCUT2D eigenvalue weighted by molar-refractivity contribution is 7.13. The molecule has 0 aliphatic heterocycles. The number of carbonyl (C=O) groups excluding carboxylic acids is 1. The van der Waals surface area contributed by atoms with E-state index in [0.29, 0.717) is 29.5 Å². The number of nitrogens with one attached hydrogen (secondary N) is 1. The third-order valence-electron chi connectivity index (χ3n) is 5.48. The molecule has 0 aliphatic rings. The molecule has 0 saturated carbocycles. The maximum Gasteiger partial charge on any atom is 0.255 e. The number of aryl methyl sites for hydroxylation is 1. The molecule has 8 nitrogen and oxygen atoms in total. The summed E-state index contributed by atoms with van der Waals surface area (Å²) in [6, 6.07) is 17.4. The van der Waals surface area contributed by atoms with Crippen molar-refractivity contribution >= 4 is 17.2 Å². The largest absolute Gasteiger partial charge is 0.352 e. The Hall–Kier alpha value is -4.11. The third-order valence-corrected chi connectivity index (χ3v) is 6.34. The van der Waals surface area contributed by atoms with Crippen molar-refractivity contribution in [1.29, 1.82) is 0 Å². The van der Waals surface area contributed by atoms with Crippen LogP contribution in [0.25, 0.3) is 27.6 Å². The molecule has 9 heteroatoms. The topological polar surface area (TPSA) is 98.7 Å². The molecule has 35 heavy (non-hydrogen) atoms. The molecule has 1 aromatic carbocycles. The maximum atomic E-state index is 13.0. The minimum atomic E-state index is -0.150. The minimum absolute atomic E-state index is 0.150. The van der Waals surface area contributed by atoms with Crippen molar-refractivity contribution in [3.63, 3.8) is 0 Å². The van der Waals surface area contributed by atoms with Crippen LogP contribution in [0.15, 0.2) is 83.1 Å². The molecular weight excluding hydrogens is 460 g/mol. The smallest absolute Gasteiger partial charge is 0.255 e. The molecule has 0 spiro atoms. The summed E-state index contributed by atoms with van der Waals surface area (Å²) in [5.41, 5.74) is 2.82. The fraction of sp³-hybridized carbons (Fsp3) is 0.192. The van der Waals surface area contributed by atoms with Crippen molar-refractivity contribution in [2.45, 2.75) is 25.7 Å². The number of pyridine rings is 1. The molecule has 0 unspecified atom stereocenters. The molecular formula is C26H24N6O2S. The van der Waals surface area contributed by atoms with Crippen LogP contribution >= 0.6 is 11.3 Å². The van der Waals surface area contributed by atoms with Gasteiger partial charge in [0.05, 0.1) is 16.1 Å². The van der Waals surface area contributed by atoms with Crippen molar-refractivity contribution < 1.29 is 9.32 Å². The Morgan fingerprint density at radius 3 is 2.74 bits per heavy atom. The predicted molar refractivity (Wildman–Crippen MR) is 134 cm³/mol. The van der Waals surface area contributed by atoms with E-state index in [9.17, 15) is 4.79 Å². The van der Waals surface area contributed by atoms with E-state index in [0.717, 1.165) is 41.8 Å². The molecule has 4 aromatic heterocycles. The van der Waals surface area contributed by atoms with Crippen molar-refractivity contribution in [2.24, 2.45) is 0 Å². The van der Waals surface area contributed by atoms with Crippen LogP contribution in [0.1, 0.15) is 35.5 Å². The van der Waals surface area contributed by atoms with E-state index in [4.69, 9.17) is 4.52 Å². The number of nitrogens with zero attached hydrogens (tertiary/aromatic N) is 5. The molecule has 0 aliphatic carbocycles. The van der Waals surface area contributed by atoms with Crippen molar-refractivity contribution in [3.8, 4) is 27.6 Å². The molecule has 176 valence electrons. The molecule has 1 N–H and O–H groups in total. The SMILES string of the molecule is O=C(NCCCCCc1nc(-c2cccs2)no1)c1cn(-c2ccccc2)nc1-c1cccnc1. The second-order valence-corrected chi connectivity index (χ2v) is 8.92. The van der Waals surface area contributed by atoms with Gasteiger partial charge in [-0.15, -0.1) is 11.3 Å². The average molecular weight is 485 g/mol. The number of thiophene rings is 1. The number of para-hydroxylation sites is 1. The Bertz CT molecular complexity index is 1360. The van der Waals surface area contributed by atoms with Gasteiger partial charge in [0, 0.05) is 37.1 Å². The Morgan fingerprint density at radius 2 is 1.94 bits per heavy atom. The van der Waals surface area contributed by atoms with Crippen molar-refractivity contribution in [1.82, 2.24) is 30.2 Å². The number of rotatable bonds is 10. The summed E-state index contributed by atoms with van der Waals surface area (Å²) in [5.74, 6) is 1.14. The number of carbonyl (C=O) groups is 1. The van der Waals surface area contributed by atoms with Gasteiger partial charge in [-0.05, 0) is 48.6 Å². The van der Waals surface area contributed by atoms with Gasteiger partial charge in [0.2, 0.25) is 11.7 Å². The van der Waals surface area contributed by atoms with Gasteiger partial charge in [0.1, 0.15) is 5.69 Å². The summed E-state index contributed by atoms with van der Waals surface area (Å²) in [6.07, 6.45) is 8.62. The molecule has 4 heterocycles. The Labute approximate surface area is 206 Å². The van der Waals surface area contributed by atoms with Crippen molar-refractivity contribution in [2.75, 3.05) is 6.54 Å². The van der Waals surface area contributed by atoms with Crippen LogP contribution in [-0.2, 0) is 6.42 Å². The van der Waals surface area contributed by atoms with Crippen LogP contribution < -0.4 is 5.32 Å². The molecule has 5 aromatic rings. The fourth-order valence-corrected chi connectivity index (χ4v) is 4.36. The Morgan fingerprint density at radius 1 is 1.03 bits per heavy atom. The zero-order valence-corrected chi connectivity index (χ0v) is 19.8. The number of hydrogen-bond acceptors (Lipinski definition) is 7. The summed E-state index contributed by atoms with van der Waals surface area (Å²) < 4.78 is 7.07. The van der Waals surface area contributed by atoms with E-state index in [2.05, 4.69) is 25.5 Å². The number of amides is 1. The summed E-state index contributed by atoms with van der Waals surface area (Å²) in [5, 5.41) is 13.7. The highest BCUT2D eigenvalue weighted by Gasteiger charge is 2.18. The van der Waals surface area contributed by atoms with Crippen LogP contribution in [0.5, 0.6) is 0 Å². The first kappa shape index (κ1) is 22.7. The van der Waals surface area contributed by atoms with Gasteiger partial charge < -0.3 is 9.84 Å². The number of aromatic nitrogens is 5. The molecule has 0 bridgehead atoms. The average Bonchev–Trinajstić information content (AvgIpc) is 3.68. The maximum absolute atomic E-state index is 13.0. The van der Waals surface area contributed by atoms with E-state index >= 15 is 0 Å². The van der Waals surface area contributed by atoms with Gasteiger partial charge >= 0.3 is 0 Å². The Kier molecular flexibility index (Phi) is 7.05. The monoisotopic (exact) mass is 484 g/mol.